The second-order valence-corrected chi connectivity index (χ2v) is 5.63. The van der Waals surface area contributed by atoms with Gasteiger partial charge < -0.3 is 19.9 Å². The third-order valence-corrected chi connectivity index (χ3v) is 4.08. The number of rotatable bonds is 9. The highest BCUT2D eigenvalue weighted by molar-refractivity contribution is 5.87. The smallest absolute Gasteiger partial charge is 0.354 e. The Morgan fingerprint density at radius 3 is 2.52 bits per heavy atom. The van der Waals surface area contributed by atoms with Crippen LogP contribution in [0.2, 0.25) is 0 Å². The summed E-state index contributed by atoms with van der Waals surface area (Å²) < 4.78 is 4.69. The van der Waals surface area contributed by atoms with Crippen LogP contribution in [0.3, 0.4) is 0 Å². The number of nitrogens with one attached hydrogen (secondary N) is 2. The number of likely N-dealkylation sites (N-methyl/N-ethyl adjacent to an activating group) is 1. The number of carbonyl (C=O) groups excluding carboxylic acids is 1. The first-order valence-electron chi connectivity index (χ1n) is 7.66. The van der Waals surface area contributed by atoms with E-state index in [1.54, 1.807) is 6.07 Å². The second-order valence-electron chi connectivity index (χ2n) is 5.63. The first-order chi connectivity index (χ1) is 10.0. The van der Waals surface area contributed by atoms with Crippen LogP contribution in [-0.4, -0.2) is 49.6 Å². The first kappa shape index (κ1) is 17.7. The molecule has 0 aliphatic rings. The summed E-state index contributed by atoms with van der Waals surface area (Å²) in [6.45, 7) is 6.16. The van der Waals surface area contributed by atoms with E-state index in [9.17, 15) is 4.79 Å². The van der Waals surface area contributed by atoms with E-state index in [1.165, 1.54) is 20.0 Å². The van der Waals surface area contributed by atoms with Crippen LogP contribution in [0.25, 0.3) is 0 Å². The van der Waals surface area contributed by atoms with Crippen LogP contribution >= 0.6 is 0 Å². The SMILES string of the molecule is CCC(CC)C(CNCc1ccc(C(=O)OC)[nH]1)N(C)C. The third-order valence-electron chi connectivity index (χ3n) is 4.08. The van der Waals surface area contributed by atoms with Gasteiger partial charge in [-0.1, -0.05) is 26.7 Å². The van der Waals surface area contributed by atoms with Crippen LogP contribution in [0.15, 0.2) is 12.1 Å². The van der Waals surface area contributed by atoms with Crippen LogP contribution in [0.5, 0.6) is 0 Å². The average Bonchev–Trinajstić information content (AvgIpc) is 2.94. The number of H-pyrrole nitrogens is 1. The fourth-order valence-electron chi connectivity index (χ4n) is 2.73. The van der Waals surface area contributed by atoms with E-state index >= 15 is 0 Å². The maximum atomic E-state index is 11.4. The maximum absolute atomic E-state index is 11.4. The highest BCUT2D eigenvalue weighted by atomic mass is 16.5. The average molecular weight is 295 g/mol. The Kier molecular flexibility index (Phi) is 7.47. The van der Waals surface area contributed by atoms with E-state index in [1.807, 2.05) is 6.07 Å². The van der Waals surface area contributed by atoms with Gasteiger partial charge in [-0.3, -0.25) is 0 Å². The molecule has 1 rings (SSSR count). The first-order valence-corrected chi connectivity index (χ1v) is 7.66. The minimum absolute atomic E-state index is 0.329. The second kappa shape index (κ2) is 8.85. The number of ether oxygens (including phenoxy) is 1. The molecule has 1 aromatic rings. The Bertz CT molecular complexity index is 425. The van der Waals surface area contributed by atoms with E-state index in [4.69, 9.17) is 0 Å². The summed E-state index contributed by atoms with van der Waals surface area (Å²) in [4.78, 5) is 16.7. The number of hydrogen-bond donors (Lipinski definition) is 2. The Labute approximate surface area is 128 Å². The van der Waals surface area contributed by atoms with Gasteiger partial charge in [0.25, 0.3) is 0 Å². The normalized spacial score (nSPS) is 12.9. The molecule has 0 saturated carbocycles. The molecule has 0 bridgehead atoms. The van der Waals surface area contributed by atoms with Crippen molar-refractivity contribution in [1.82, 2.24) is 15.2 Å². The molecule has 5 nitrogen and oxygen atoms in total. The summed E-state index contributed by atoms with van der Waals surface area (Å²) in [5, 5.41) is 3.48. The van der Waals surface area contributed by atoms with Crippen molar-refractivity contribution in [3.63, 3.8) is 0 Å². The number of nitrogens with zero attached hydrogens (tertiary/aromatic N) is 1. The van der Waals surface area contributed by atoms with Gasteiger partial charge in [-0.2, -0.15) is 0 Å². The van der Waals surface area contributed by atoms with E-state index in [0.29, 0.717) is 17.7 Å². The minimum atomic E-state index is -0.329. The van der Waals surface area contributed by atoms with Crippen molar-refractivity contribution in [2.24, 2.45) is 5.92 Å². The van der Waals surface area contributed by atoms with Gasteiger partial charge in [0.05, 0.1) is 7.11 Å². The molecule has 1 unspecified atom stereocenters. The van der Waals surface area contributed by atoms with Gasteiger partial charge in [-0.15, -0.1) is 0 Å². The molecule has 1 aromatic heterocycles. The van der Waals surface area contributed by atoms with Crippen LogP contribution < -0.4 is 5.32 Å². The number of esters is 1. The fourth-order valence-corrected chi connectivity index (χ4v) is 2.73. The van der Waals surface area contributed by atoms with Crippen LogP contribution in [0.1, 0.15) is 42.9 Å². The molecule has 2 N–H and O–H groups in total. The highest BCUT2D eigenvalue weighted by Gasteiger charge is 2.20. The van der Waals surface area contributed by atoms with E-state index < -0.39 is 0 Å². The van der Waals surface area contributed by atoms with Crippen molar-refractivity contribution in [3.05, 3.63) is 23.5 Å². The third kappa shape index (κ3) is 5.17. The molecule has 0 aromatic carbocycles. The van der Waals surface area contributed by atoms with Gasteiger partial charge in [0.15, 0.2) is 0 Å². The summed E-state index contributed by atoms with van der Waals surface area (Å²) in [7, 11) is 5.65. The number of hydrogen-bond acceptors (Lipinski definition) is 4. The zero-order valence-corrected chi connectivity index (χ0v) is 13.9. The predicted molar refractivity (Wildman–Crippen MR) is 85.4 cm³/mol. The van der Waals surface area contributed by atoms with Gasteiger partial charge in [0.2, 0.25) is 0 Å². The number of aromatic nitrogens is 1. The Morgan fingerprint density at radius 2 is 2.00 bits per heavy atom. The molecule has 21 heavy (non-hydrogen) atoms. The molecule has 120 valence electrons. The molecule has 0 radical (unpaired) electrons. The number of methoxy groups -OCH3 is 1. The van der Waals surface area contributed by atoms with E-state index in [-0.39, 0.29) is 5.97 Å². The van der Waals surface area contributed by atoms with Gasteiger partial charge in [0.1, 0.15) is 5.69 Å². The summed E-state index contributed by atoms with van der Waals surface area (Å²) >= 11 is 0. The Hall–Kier alpha value is -1.33. The lowest BCUT2D eigenvalue weighted by molar-refractivity contribution is 0.0594. The summed E-state index contributed by atoms with van der Waals surface area (Å²) in [6, 6.07) is 4.20. The van der Waals surface area contributed by atoms with Crippen molar-refractivity contribution in [2.45, 2.75) is 39.3 Å². The Balaban J connectivity index is 2.50. The maximum Gasteiger partial charge on any atom is 0.354 e. The molecule has 5 heteroatoms. The molecule has 1 heterocycles. The Morgan fingerprint density at radius 1 is 1.33 bits per heavy atom. The van der Waals surface area contributed by atoms with Crippen LogP contribution in [0.4, 0.5) is 0 Å². The topological polar surface area (TPSA) is 57.4 Å². The van der Waals surface area contributed by atoms with Gasteiger partial charge in [0, 0.05) is 24.8 Å². The number of carbonyl (C=O) groups is 1. The molecule has 0 amide bonds. The molecule has 0 spiro atoms. The standard InChI is InChI=1S/C16H29N3O2/c1-6-12(7-2)15(19(3)4)11-17-10-13-8-9-14(18-13)16(20)21-5/h8-9,12,15,17-18H,6-7,10-11H2,1-5H3. The fraction of sp³-hybridized carbons (Fsp3) is 0.688. The lowest BCUT2D eigenvalue weighted by Crippen LogP contribution is -2.42. The zero-order valence-electron chi connectivity index (χ0n) is 13.9. The molecular weight excluding hydrogens is 266 g/mol. The molecular formula is C16H29N3O2. The molecule has 0 saturated heterocycles. The lowest BCUT2D eigenvalue weighted by atomic mass is 9.93. The number of aromatic amines is 1. The zero-order chi connectivity index (χ0) is 15.8. The van der Waals surface area contributed by atoms with Gasteiger partial charge >= 0.3 is 5.97 Å². The van der Waals surface area contributed by atoms with Crippen LogP contribution in [-0.2, 0) is 11.3 Å². The van der Waals surface area contributed by atoms with Crippen molar-refractivity contribution in [3.8, 4) is 0 Å². The van der Waals surface area contributed by atoms with Crippen molar-refractivity contribution in [1.29, 1.82) is 0 Å². The molecule has 0 aliphatic carbocycles. The van der Waals surface area contributed by atoms with E-state index in [2.05, 4.69) is 47.9 Å². The summed E-state index contributed by atoms with van der Waals surface area (Å²) in [5.41, 5.74) is 1.50. The molecule has 0 fully saturated rings. The quantitative estimate of drug-likeness (QED) is 0.686. The van der Waals surface area contributed by atoms with Crippen molar-refractivity contribution in [2.75, 3.05) is 27.7 Å². The van der Waals surface area contributed by atoms with E-state index in [0.717, 1.165) is 18.8 Å². The summed E-state index contributed by atoms with van der Waals surface area (Å²) in [5.74, 6) is 0.367. The van der Waals surface area contributed by atoms with Gasteiger partial charge in [-0.25, -0.2) is 4.79 Å². The van der Waals surface area contributed by atoms with Crippen molar-refractivity contribution < 1.29 is 9.53 Å². The molecule has 0 aliphatic heterocycles. The van der Waals surface area contributed by atoms with Gasteiger partial charge in [-0.05, 0) is 32.1 Å². The minimum Gasteiger partial charge on any atom is -0.464 e. The highest BCUT2D eigenvalue weighted by Crippen LogP contribution is 2.16. The monoisotopic (exact) mass is 295 g/mol. The molecule has 1 atom stereocenters. The largest absolute Gasteiger partial charge is 0.464 e. The predicted octanol–water partition coefficient (Wildman–Crippen LogP) is 2.26. The van der Waals surface area contributed by atoms with Crippen LogP contribution in [0, 0.1) is 5.92 Å². The lowest BCUT2D eigenvalue weighted by Gasteiger charge is -2.31. The van der Waals surface area contributed by atoms with Crippen molar-refractivity contribution >= 4 is 5.97 Å². The summed E-state index contributed by atoms with van der Waals surface area (Å²) in [6.07, 6.45) is 2.38.